The summed E-state index contributed by atoms with van der Waals surface area (Å²) in [7, 11) is 3.00. The molecule has 0 saturated carbocycles. The van der Waals surface area contributed by atoms with E-state index in [9.17, 15) is 14.9 Å². The summed E-state index contributed by atoms with van der Waals surface area (Å²) in [5.41, 5.74) is -0.240. The summed E-state index contributed by atoms with van der Waals surface area (Å²) < 4.78 is 15.4. The molecule has 0 aliphatic carbocycles. The summed E-state index contributed by atoms with van der Waals surface area (Å²) in [6, 6.07) is 6.68. The summed E-state index contributed by atoms with van der Waals surface area (Å²) in [5, 5.41) is 17.1. The van der Waals surface area contributed by atoms with Crippen LogP contribution in [0.4, 0.5) is 10.5 Å². The highest BCUT2D eigenvalue weighted by Crippen LogP contribution is 2.29. The number of anilines is 1. The lowest BCUT2D eigenvalue weighted by Gasteiger charge is -2.19. The number of benzene rings is 1. The van der Waals surface area contributed by atoms with Crippen LogP contribution in [0.15, 0.2) is 30.0 Å². The molecule has 0 aromatic heterocycles. The number of amides is 2. The highest BCUT2D eigenvalue weighted by Gasteiger charge is 2.15. The SMILES string of the molecule is COc1ccc(NC(=O)/C(C#N)=C\NCCNC(=O)OC(C)(C)C)cc1OC. The first kappa shape index (κ1) is 22.6. The molecular formula is C19H26N4O5. The summed E-state index contributed by atoms with van der Waals surface area (Å²) >= 11 is 0. The van der Waals surface area contributed by atoms with Gasteiger partial charge in [-0.2, -0.15) is 5.26 Å². The second-order valence-electron chi connectivity index (χ2n) is 6.58. The molecule has 2 amide bonds. The standard InChI is InChI=1S/C19H26N4O5/c1-19(2,3)28-18(25)22-9-8-21-12-13(11-20)17(24)23-14-6-7-15(26-4)16(10-14)27-5/h6-7,10,12,21H,8-9H2,1-5H3,(H,22,25)(H,23,24)/b13-12-. The fourth-order valence-electron chi connectivity index (χ4n) is 1.99. The smallest absolute Gasteiger partial charge is 0.407 e. The lowest BCUT2D eigenvalue weighted by molar-refractivity contribution is -0.112. The van der Waals surface area contributed by atoms with Gasteiger partial charge in [-0.15, -0.1) is 0 Å². The minimum Gasteiger partial charge on any atom is -0.493 e. The Kier molecular flexibility index (Phi) is 8.62. The molecule has 0 radical (unpaired) electrons. The summed E-state index contributed by atoms with van der Waals surface area (Å²) in [5.74, 6) is 0.396. The number of rotatable bonds is 8. The zero-order valence-corrected chi connectivity index (χ0v) is 16.7. The van der Waals surface area contributed by atoms with Crippen LogP contribution in [0.25, 0.3) is 0 Å². The van der Waals surface area contributed by atoms with E-state index in [0.717, 1.165) is 0 Å². The van der Waals surface area contributed by atoms with Gasteiger partial charge in [0.25, 0.3) is 5.91 Å². The van der Waals surface area contributed by atoms with Crippen molar-refractivity contribution in [2.45, 2.75) is 26.4 Å². The van der Waals surface area contributed by atoms with E-state index in [1.165, 1.54) is 20.4 Å². The molecule has 0 fully saturated rings. The monoisotopic (exact) mass is 390 g/mol. The van der Waals surface area contributed by atoms with E-state index in [1.54, 1.807) is 39.0 Å². The molecule has 1 rings (SSSR count). The Morgan fingerprint density at radius 2 is 1.82 bits per heavy atom. The van der Waals surface area contributed by atoms with Crippen LogP contribution in [0, 0.1) is 11.3 Å². The molecule has 28 heavy (non-hydrogen) atoms. The minimum atomic E-state index is -0.581. The second-order valence-corrected chi connectivity index (χ2v) is 6.58. The molecule has 152 valence electrons. The molecule has 0 atom stereocenters. The van der Waals surface area contributed by atoms with E-state index in [2.05, 4.69) is 16.0 Å². The number of methoxy groups -OCH3 is 2. The average molecular weight is 390 g/mol. The van der Waals surface area contributed by atoms with E-state index in [0.29, 0.717) is 23.7 Å². The Labute approximate surface area is 164 Å². The third-order valence-corrected chi connectivity index (χ3v) is 3.19. The summed E-state index contributed by atoms with van der Waals surface area (Å²) in [6.45, 7) is 5.88. The molecule has 0 saturated heterocycles. The third-order valence-electron chi connectivity index (χ3n) is 3.19. The Bertz CT molecular complexity index is 763. The molecule has 1 aromatic carbocycles. The normalized spacial score (nSPS) is 11.1. The number of carbonyl (C=O) groups excluding carboxylic acids is 2. The molecule has 3 N–H and O–H groups in total. The average Bonchev–Trinajstić information content (AvgIpc) is 2.62. The van der Waals surface area contributed by atoms with Crippen LogP contribution in [-0.4, -0.2) is 44.9 Å². The van der Waals surface area contributed by atoms with Crippen molar-refractivity contribution >= 4 is 17.7 Å². The van der Waals surface area contributed by atoms with Gasteiger partial charge in [0.2, 0.25) is 0 Å². The van der Waals surface area contributed by atoms with Crippen molar-refractivity contribution in [3.05, 3.63) is 30.0 Å². The predicted octanol–water partition coefficient (Wildman–Crippen LogP) is 2.16. The third kappa shape index (κ3) is 7.86. The lowest BCUT2D eigenvalue weighted by atomic mass is 10.2. The summed E-state index contributed by atoms with van der Waals surface area (Å²) in [6.07, 6.45) is 0.748. The van der Waals surface area contributed by atoms with Crippen LogP contribution in [-0.2, 0) is 9.53 Å². The molecule has 1 aromatic rings. The maximum absolute atomic E-state index is 12.2. The first-order valence-electron chi connectivity index (χ1n) is 8.54. The quantitative estimate of drug-likeness (QED) is 0.353. The molecule has 0 unspecified atom stereocenters. The number of nitrogens with zero attached hydrogens (tertiary/aromatic N) is 1. The van der Waals surface area contributed by atoms with E-state index < -0.39 is 17.6 Å². The van der Waals surface area contributed by atoms with Gasteiger partial charge in [-0.3, -0.25) is 4.79 Å². The maximum atomic E-state index is 12.2. The number of ether oxygens (including phenoxy) is 3. The Morgan fingerprint density at radius 3 is 2.39 bits per heavy atom. The van der Waals surface area contributed by atoms with Crippen molar-refractivity contribution in [3.63, 3.8) is 0 Å². The number of hydrogen-bond acceptors (Lipinski definition) is 7. The van der Waals surface area contributed by atoms with Gasteiger partial charge in [-0.05, 0) is 32.9 Å². The van der Waals surface area contributed by atoms with Gasteiger partial charge in [-0.25, -0.2) is 4.79 Å². The first-order chi connectivity index (χ1) is 13.2. The topological polar surface area (TPSA) is 122 Å². The number of hydrogen-bond donors (Lipinski definition) is 3. The van der Waals surface area contributed by atoms with Crippen molar-refractivity contribution in [1.29, 1.82) is 5.26 Å². The van der Waals surface area contributed by atoms with Crippen molar-refractivity contribution in [1.82, 2.24) is 10.6 Å². The molecule has 0 aliphatic rings. The summed E-state index contributed by atoms with van der Waals surface area (Å²) in [4.78, 5) is 23.7. The van der Waals surface area contributed by atoms with Gasteiger partial charge in [0.1, 0.15) is 17.2 Å². The van der Waals surface area contributed by atoms with Gasteiger partial charge in [-0.1, -0.05) is 0 Å². The molecule has 0 heterocycles. The number of nitriles is 1. The van der Waals surface area contributed by atoms with Gasteiger partial charge >= 0.3 is 6.09 Å². The van der Waals surface area contributed by atoms with Crippen LogP contribution in [0.5, 0.6) is 11.5 Å². The van der Waals surface area contributed by atoms with Crippen LogP contribution < -0.4 is 25.4 Å². The zero-order valence-electron chi connectivity index (χ0n) is 16.7. The fourth-order valence-corrected chi connectivity index (χ4v) is 1.99. The molecule has 0 bridgehead atoms. The fraction of sp³-hybridized carbons (Fsp3) is 0.421. The molecule has 0 aliphatic heterocycles. The molecule has 0 spiro atoms. The largest absolute Gasteiger partial charge is 0.493 e. The van der Waals surface area contributed by atoms with E-state index in [1.807, 2.05) is 6.07 Å². The maximum Gasteiger partial charge on any atom is 0.407 e. The van der Waals surface area contributed by atoms with Crippen LogP contribution in [0.1, 0.15) is 20.8 Å². The van der Waals surface area contributed by atoms with E-state index in [4.69, 9.17) is 14.2 Å². The number of nitrogens with one attached hydrogen (secondary N) is 3. The molecule has 9 nitrogen and oxygen atoms in total. The predicted molar refractivity (Wildman–Crippen MR) is 104 cm³/mol. The van der Waals surface area contributed by atoms with Crippen molar-refractivity contribution < 1.29 is 23.8 Å². The van der Waals surface area contributed by atoms with Gasteiger partial charge in [0, 0.05) is 31.0 Å². The van der Waals surface area contributed by atoms with Gasteiger partial charge in [0.05, 0.1) is 14.2 Å². The van der Waals surface area contributed by atoms with E-state index in [-0.39, 0.29) is 12.1 Å². The number of carbonyl (C=O) groups is 2. The Morgan fingerprint density at radius 1 is 1.14 bits per heavy atom. The molecular weight excluding hydrogens is 364 g/mol. The van der Waals surface area contributed by atoms with Crippen molar-refractivity contribution in [2.75, 3.05) is 32.6 Å². The van der Waals surface area contributed by atoms with Crippen molar-refractivity contribution in [3.8, 4) is 17.6 Å². The second kappa shape index (κ2) is 10.7. The Balaban J connectivity index is 2.55. The lowest BCUT2D eigenvalue weighted by Crippen LogP contribution is -2.35. The van der Waals surface area contributed by atoms with Crippen molar-refractivity contribution in [2.24, 2.45) is 0 Å². The Hall–Kier alpha value is -3.41. The first-order valence-corrected chi connectivity index (χ1v) is 8.54. The van der Waals surface area contributed by atoms with Gasteiger partial charge < -0.3 is 30.2 Å². The van der Waals surface area contributed by atoms with E-state index >= 15 is 0 Å². The highest BCUT2D eigenvalue weighted by atomic mass is 16.6. The minimum absolute atomic E-state index is 0.118. The number of alkyl carbamates (subject to hydrolysis) is 1. The van der Waals surface area contributed by atoms with Gasteiger partial charge in [0.15, 0.2) is 11.5 Å². The zero-order chi connectivity index (χ0) is 21.2. The molecule has 9 heteroatoms. The van der Waals surface area contributed by atoms with Crippen LogP contribution in [0.3, 0.4) is 0 Å². The van der Waals surface area contributed by atoms with Crippen LogP contribution >= 0.6 is 0 Å². The highest BCUT2D eigenvalue weighted by molar-refractivity contribution is 6.06. The van der Waals surface area contributed by atoms with Crippen LogP contribution in [0.2, 0.25) is 0 Å².